The van der Waals surface area contributed by atoms with Crippen LogP contribution in [-0.4, -0.2) is 40.0 Å². The molecule has 0 aliphatic carbocycles. The van der Waals surface area contributed by atoms with Crippen LogP contribution in [0.3, 0.4) is 0 Å². The predicted molar refractivity (Wildman–Crippen MR) is 78.5 cm³/mol. The molecule has 2 rings (SSSR count). The predicted octanol–water partition coefficient (Wildman–Crippen LogP) is 2.63. The van der Waals surface area contributed by atoms with Crippen molar-refractivity contribution < 1.29 is 14.8 Å². The highest BCUT2D eigenvalue weighted by Crippen LogP contribution is 2.26. The molecule has 114 valence electrons. The first-order valence-corrected chi connectivity index (χ1v) is 7.28. The van der Waals surface area contributed by atoms with Gasteiger partial charge in [0.25, 0.3) is 11.6 Å². The first kappa shape index (κ1) is 15.7. The van der Waals surface area contributed by atoms with Gasteiger partial charge in [0.05, 0.1) is 28.2 Å². The van der Waals surface area contributed by atoms with Crippen LogP contribution in [0.5, 0.6) is 0 Å². The average Bonchev–Trinajstić information content (AvgIpc) is 2.71. The maximum absolute atomic E-state index is 12.6. The van der Waals surface area contributed by atoms with Gasteiger partial charge in [-0.1, -0.05) is 24.4 Å². The highest BCUT2D eigenvalue weighted by Gasteiger charge is 2.27. The minimum Gasteiger partial charge on any atom is -0.394 e. The Kier molecular flexibility index (Phi) is 5.14. The topological polar surface area (TPSA) is 83.7 Å². The number of carbonyl (C=O) groups is 1. The molecule has 1 N–H and O–H groups in total. The minimum absolute atomic E-state index is 0.0649. The number of amides is 1. The zero-order valence-corrected chi connectivity index (χ0v) is 12.3. The number of nitro benzene ring substituents is 1. The lowest BCUT2D eigenvalue weighted by molar-refractivity contribution is -0.384. The number of benzene rings is 1. The molecule has 1 atom stereocenters. The zero-order valence-electron chi connectivity index (χ0n) is 11.5. The van der Waals surface area contributed by atoms with E-state index in [0.717, 1.165) is 25.7 Å². The van der Waals surface area contributed by atoms with E-state index in [1.54, 1.807) is 4.90 Å². The Morgan fingerprint density at radius 3 is 2.81 bits per heavy atom. The molecule has 1 fully saturated rings. The SMILES string of the molecule is O=C(c1ccc([N+](=O)[O-])cc1Cl)N1CCCCCC1CO. The quantitative estimate of drug-likeness (QED) is 0.687. The zero-order chi connectivity index (χ0) is 15.4. The number of hydrogen-bond acceptors (Lipinski definition) is 4. The monoisotopic (exact) mass is 312 g/mol. The fourth-order valence-corrected chi connectivity index (χ4v) is 2.84. The molecule has 6 nitrogen and oxygen atoms in total. The van der Waals surface area contributed by atoms with Gasteiger partial charge in [-0.2, -0.15) is 0 Å². The molecule has 1 unspecified atom stereocenters. The fourth-order valence-electron chi connectivity index (χ4n) is 2.58. The molecule has 0 radical (unpaired) electrons. The Hall–Kier alpha value is -1.66. The summed E-state index contributed by atoms with van der Waals surface area (Å²) in [5.41, 5.74) is 0.0914. The van der Waals surface area contributed by atoms with E-state index in [0.29, 0.717) is 6.54 Å². The number of hydrogen-bond donors (Lipinski definition) is 1. The standard InChI is InChI=1S/C14H17ClN2O4/c15-13-8-10(17(20)21)5-6-12(13)14(19)16-7-3-1-2-4-11(16)9-18/h5-6,8,11,18H,1-4,7,9H2. The number of likely N-dealkylation sites (tertiary alicyclic amines) is 1. The van der Waals surface area contributed by atoms with Crippen molar-refractivity contribution in [1.29, 1.82) is 0 Å². The van der Waals surface area contributed by atoms with Gasteiger partial charge in [-0.05, 0) is 18.9 Å². The van der Waals surface area contributed by atoms with Gasteiger partial charge in [-0.15, -0.1) is 0 Å². The second kappa shape index (κ2) is 6.87. The molecule has 0 spiro atoms. The molecule has 0 aromatic heterocycles. The van der Waals surface area contributed by atoms with E-state index >= 15 is 0 Å². The lowest BCUT2D eigenvalue weighted by Gasteiger charge is -2.29. The van der Waals surface area contributed by atoms with Crippen molar-refractivity contribution >= 4 is 23.2 Å². The third kappa shape index (κ3) is 3.51. The normalized spacial score (nSPS) is 19.1. The van der Waals surface area contributed by atoms with Crippen molar-refractivity contribution in [3.05, 3.63) is 38.9 Å². The number of aliphatic hydroxyl groups excluding tert-OH is 1. The first-order chi connectivity index (χ1) is 10.0. The van der Waals surface area contributed by atoms with Crippen molar-refractivity contribution in [3.63, 3.8) is 0 Å². The molecular formula is C14H17ClN2O4. The number of rotatable bonds is 3. The van der Waals surface area contributed by atoms with E-state index in [4.69, 9.17) is 11.6 Å². The summed E-state index contributed by atoms with van der Waals surface area (Å²) in [6, 6.07) is 3.61. The largest absolute Gasteiger partial charge is 0.394 e. The fraction of sp³-hybridized carbons (Fsp3) is 0.500. The molecule has 1 aromatic rings. The molecule has 1 aromatic carbocycles. The molecule has 0 bridgehead atoms. The van der Waals surface area contributed by atoms with Gasteiger partial charge < -0.3 is 10.0 Å². The molecule has 1 aliphatic heterocycles. The van der Waals surface area contributed by atoms with Crippen LogP contribution in [0.2, 0.25) is 5.02 Å². The molecule has 21 heavy (non-hydrogen) atoms. The highest BCUT2D eigenvalue weighted by molar-refractivity contribution is 6.34. The Labute approximate surface area is 127 Å². The minimum atomic E-state index is -0.553. The number of halogens is 1. The maximum Gasteiger partial charge on any atom is 0.270 e. The number of nitrogens with zero attached hydrogens (tertiary/aromatic N) is 2. The van der Waals surface area contributed by atoms with E-state index in [9.17, 15) is 20.0 Å². The number of carbonyl (C=O) groups excluding carboxylic acids is 1. The van der Waals surface area contributed by atoms with Crippen LogP contribution >= 0.6 is 11.6 Å². The third-order valence-corrected chi connectivity index (χ3v) is 4.06. The Morgan fingerprint density at radius 2 is 2.19 bits per heavy atom. The number of non-ortho nitro benzene ring substituents is 1. The summed E-state index contributed by atoms with van der Waals surface area (Å²) in [7, 11) is 0. The molecule has 7 heteroatoms. The van der Waals surface area contributed by atoms with Gasteiger partial charge in [0.1, 0.15) is 0 Å². The summed E-state index contributed by atoms with van der Waals surface area (Å²) in [6.45, 7) is 0.480. The molecule has 1 aliphatic rings. The number of aliphatic hydroxyl groups is 1. The van der Waals surface area contributed by atoms with Crippen LogP contribution in [0.15, 0.2) is 18.2 Å². The van der Waals surface area contributed by atoms with Crippen LogP contribution in [0.25, 0.3) is 0 Å². The summed E-state index contributed by atoms with van der Waals surface area (Å²) in [4.78, 5) is 24.4. The maximum atomic E-state index is 12.6. The van der Waals surface area contributed by atoms with E-state index in [2.05, 4.69) is 0 Å². The Bertz CT molecular complexity index is 550. The van der Waals surface area contributed by atoms with Crippen LogP contribution in [0, 0.1) is 10.1 Å². The lowest BCUT2D eigenvalue weighted by atomic mass is 10.1. The second-order valence-corrected chi connectivity index (χ2v) is 5.51. The van der Waals surface area contributed by atoms with Crippen LogP contribution in [0.1, 0.15) is 36.0 Å². The van der Waals surface area contributed by atoms with Gasteiger partial charge >= 0.3 is 0 Å². The smallest absolute Gasteiger partial charge is 0.270 e. The molecular weight excluding hydrogens is 296 g/mol. The van der Waals surface area contributed by atoms with E-state index < -0.39 is 4.92 Å². The van der Waals surface area contributed by atoms with Gasteiger partial charge in [0, 0.05) is 18.7 Å². The average molecular weight is 313 g/mol. The second-order valence-electron chi connectivity index (χ2n) is 5.11. The summed E-state index contributed by atoms with van der Waals surface area (Å²) < 4.78 is 0. The van der Waals surface area contributed by atoms with Crippen molar-refractivity contribution in [2.24, 2.45) is 0 Å². The molecule has 0 saturated carbocycles. The third-order valence-electron chi connectivity index (χ3n) is 3.74. The van der Waals surface area contributed by atoms with Crippen LogP contribution < -0.4 is 0 Å². The van der Waals surface area contributed by atoms with Gasteiger partial charge in [0.15, 0.2) is 0 Å². The molecule has 1 amide bonds. The number of nitro groups is 1. The lowest BCUT2D eigenvalue weighted by Crippen LogP contribution is -2.42. The van der Waals surface area contributed by atoms with Crippen molar-refractivity contribution in [3.8, 4) is 0 Å². The summed E-state index contributed by atoms with van der Waals surface area (Å²) in [5.74, 6) is -0.282. The summed E-state index contributed by atoms with van der Waals surface area (Å²) >= 11 is 6.00. The van der Waals surface area contributed by atoms with E-state index in [1.165, 1.54) is 18.2 Å². The highest BCUT2D eigenvalue weighted by atomic mass is 35.5. The Balaban J connectivity index is 2.27. The van der Waals surface area contributed by atoms with Crippen molar-refractivity contribution in [1.82, 2.24) is 4.90 Å². The van der Waals surface area contributed by atoms with Crippen LogP contribution in [-0.2, 0) is 0 Å². The first-order valence-electron chi connectivity index (χ1n) is 6.90. The van der Waals surface area contributed by atoms with E-state index in [1.807, 2.05) is 0 Å². The summed E-state index contributed by atoms with van der Waals surface area (Å²) in [6.07, 6.45) is 3.64. The Morgan fingerprint density at radius 1 is 1.43 bits per heavy atom. The van der Waals surface area contributed by atoms with Gasteiger partial charge in [0.2, 0.25) is 0 Å². The van der Waals surface area contributed by atoms with Gasteiger partial charge in [-0.25, -0.2) is 0 Å². The van der Waals surface area contributed by atoms with Crippen molar-refractivity contribution in [2.45, 2.75) is 31.7 Å². The summed E-state index contributed by atoms with van der Waals surface area (Å²) in [5, 5.41) is 20.2. The molecule has 1 saturated heterocycles. The van der Waals surface area contributed by atoms with Crippen LogP contribution in [0.4, 0.5) is 5.69 Å². The van der Waals surface area contributed by atoms with Crippen molar-refractivity contribution in [2.75, 3.05) is 13.2 Å². The van der Waals surface area contributed by atoms with Gasteiger partial charge in [-0.3, -0.25) is 14.9 Å². The molecule has 1 heterocycles. The van der Waals surface area contributed by atoms with E-state index in [-0.39, 0.29) is 34.8 Å².